The van der Waals surface area contributed by atoms with Crippen molar-refractivity contribution in [1.82, 2.24) is 0 Å². The number of benzene rings is 5. The lowest BCUT2D eigenvalue weighted by Crippen LogP contribution is -2.31. The molecule has 0 saturated carbocycles. The van der Waals surface area contributed by atoms with Crippen molar-refractivity contribution in [3.63, 3.8) is 0 Å². The van der Waals surface area contributed by atoms with Crippen molar-refractivity contribution < 1.29 is 0 Å². The number of fused-ring (bicyclic) bond motifs is 4. The average molecular weight is 494 g/mol. The Bertz CT molecular complexity index is 1650. The Morgan fingerprint density at radius 1 is 0.500 bits per heavy atom. The molecule has 2 aliphatic heterocycles. The molecular weight excluding hydrogens is 462 g/mol. The summed E-state index contributed by atoms with van der Waals surface area (Å²) in [7, 11) is 4.35. The molecule has 5 aromatic carbocycles. The Morgan fingerprint density at radius 2 is 1.05 bits per heavy atom. The molecule has 5 aromatic rings. The van der Waals surface area contributed by atoms with Crippen molar-refractivity contribution in [2.75, 3.05) is 28.8 Å². The molecule has 0 atom stereocenters. The Hall–Kier alpha value is -4.50. The maximum atomic E-state index is 2.40. The normalized spacial score (nSPS) is 14.9. The molecule has 0 radical (unpaired) electrons. The van der Waals surface area contributed by atoms with Crippen molar-refractivity contribution in [2.45, 2.75) is 19.3 Å². The van der Waals surface area contributed by atoms with E-state index in [1.807, 2.05) is 0 Å². The lowest BCUT2D eigenvalue weighted by Gasteiger charge is -2.41. The highest BCUT2D eigenvalue weighted by atomic mass is 15.3. The van der Waals surface area contributed by atoms with E-state index in [1.54, 1.807) is 0 Å². The van der Waals surface area contributed by atoms with E-state index in [0.717, 1.165) is 5.69 Å². The summed E-state index contributed by atoms with van der Waals surface area (Å²) in [4.78, 5) is 7.05. The van der Waals surface area contributed by atoms with E-state index in [0.29, 0.717) is 0 Å². The molecule has 3 nitrogen and oxygen atoms in total. The molecule has 186 valence electrons. The number of anilines is 7. The van der Waals surface area contributed by atoms with E-state index in [2.05, 4.69) is 158 Å². The highest BCUT2D eigenvalue weighted by Gasteiger charge is 2.36. The average Bonchev–Trinajstić information content (AvgIpc) is 2.96. The molecule has 0 aliphatic carbocycles. The van der Waals surface area contributed by atoms with Gasteiger partial charge in [-0.15, -0.1) is 0 Å². The number of rotatable bonds is 2. The van der Waals surface area contributed by atoms with Gasteiger partial charge in [-0.1, -0.05) is 86.6 Å². The molecule has 0 amide bonds. The second-order valence-electron chi connectivity index (χ2n) is 10.8. The zero-order valence-corrected chi connectivity index (χ0v) is 22.3. The lowest BCUT2D eigenvalue weighted by atomic mass is 9.72. The lowest BCUT2D eigenvalue weighted by molar-refractivity contribution is 0.630. The molecule has 0 spiro atoms. The molecule has 2 aliphatic rings. The Labute approximate surface area is 225 Å². The van der Waals surface area contributed by atoms with Gasteiger partial charge in [0.15, 0.2) is 0 Å². The van der Waals surface area contributed by atoms with Crippen LogP contribution in [0.2, 0.25) is 0 Å². The van der Waals surface area contributed by atoms with Crippen LogP contribution >= 0.6 is 0 Å². The highest BCUT2D eigenvalue weighted by molar-refractivity contribution is 5.98. The summed E-state index contributed by atoms with van der Waals surface area (Å²) < 4.78 is 0. The first kappa shape index (κ1) is 22.7. The maximum absolute atomic E-state index is 2.40. The van der Waals surface area contributed by atoms with Crippen molar-refractivity contribution >= 4 is 39.8 Å². The van der Waals surface area contributed by atoms with Gasteiger partial charge < -0.3 is 14.7 Å². The first-order valence-electron chi connectivity index (χ1n) is 13.3. The molecule has 0 bridgehead atoms. The first-order chi connectivity index (χ1) is 18.5. The number of nitrogens with zero attached hydrogens (tertiary/aromatic N) is 3. The van der Waals surface area contributed by atoms with E-state index in [9.17, 15) is 0 Å². The van der Waals surface area contributed by atoms with Gasteiger partial charge in [-0.3, -0.25) is 0 Å². The summed E-state index contributed by atoms with van der Waals surface area (Å²) in [6, 6.07) is 41.9. The quantitative estimate of drug-likeness (QED) is 0.243. The fourth-order valence-corrected chi connectivity index (χ4v) is 6.43. The third kappa shape index (κ3) is 3.15. The van der Waals surface area contributed by atoms with Crippen molar-refractivity contribution in [2.24, 2.45) is 0 Å². The molecule has 0 aromatic heterocycles. The van der Waals surface area contributed by atoms with Crippen molar-refractivity contribution in [3.05, 3.63) is 126 Å². The maximum Gasteiger partial charge on any atom is 0.0699 e. The molecule has 0 N–H and O–H groups in total. The second-order valence-corrected chi connectivity index (χ2v) is 10.8. The fourth-order valence-electron chi connectivity index (χ4n) is 6.43. The Kier molecular flexibility index (Phi) is 4.93. The van der Waals surface area contributed by atoms with Crippen LogP contribution in [-0.4, -0.2) is 14.1 Å². The van der Waals surface area contributed by atoms with E-state index in [4.69, 9.17) is 0 Å². The van der Waals surface area contributed by atoms with E-state index >= 15 is 0 Å². The van der Waals surface area contributed by atoms with Crippen LogP contribution in [0.4, 0.5) is 39.8 Å². The van der Waals surface area contributed by atoms with E-state index in [1.165, 1.54) is 56.4 Å². The smallest absolute Gasteiger partial charge is 0.0699 e. The van der Waals surface area contributed by atoms with Crippen molar-refractivity contribution in [1.29, 1.82) is 0 Å². The van der Waals surface area contributed by atoms with Crippen LogP contribution in [0, 0.1) is 0 Å². The van der Waals surface area contributed by atoms with Gasteiger partial charge >= 0.3 is 0 Å². The van der Waals surface area contributed by atoms with Gasteiger partial charge in [-0.2, -0.15) is 0 Å². The monoisotopic (exact) mass is 493 g/mol. The van der Waals surface area contributed by atoms with Crippen LogP contribution in [-0.2, 0) is 5.41 Å². The van der Waals surface area contributed by atoms with Crippen LogP contribution in [0.3, 0.4) is 0 Å². The van der Waals surface area contributed by atoms with E-state index in [-0.39, 0.29) is 5.41 Å². The van der Waals surface area contributed by atoms with Crippen LogP contribution in [0.25, 0.3) is 11.1 Å². The zero-order chi connectivity index (χ0) is 26.0. The number of hydrogen-bond acceptors (Lipinski definition) is 3. The van der Waals surface area contributed by atoms with Gasteiger partial charge in [0.25, 0.3) is 0 Å². The molecule has 0 fully saturated rings. The minimum atomic E-state index is -0.0820. The fraction of sp³-hybridized carbons (Fsp3) is 0.143. The van der Waals surface area contributed by atoms with Crippen LogP contribution in [0.5, 0.6) is 0 Å². The van der Waals surface area contributed by atoms with Crippen LogP contribution in [0.15, 0.2) is 115 Å². The first-order valence-corrected chi connectivity index (χ1v) is 13.3. The van der Waals surface area contributed by atoms with Crippen LogP contribution < -0.4 is 14.7 Å². The second kappa shape index (κ2) is 8.26. The molecule has 0 unspecified atom stereocenters. The van der Waals surface area contributed by atoms with Gasteiger partial charge in [-0.25, -0.2) is 0 Å². The summed E-state index contributed by atoms with van der Waals surface area (Å²) in [5, 5.41) is 0. The molecule has 7 rings (SSSR count). The molecule has 38 heavy (non-hydrogen) atoms. The predicted molar refractivity (Wildman–Crippen MR) is 161 cm³/mol. The third-order valence-electron chi connectivity index (χ3n) is 8.37. The van der Waals surface area contributed by atoms with Crippen LogP contribution in [0.1, 0.15) is 25.0 Å². The van der Waals surface area contributed by atoms with Gasteiger partial charge in [0.05, 0.1) is 28.4 Å². The number of hydrogen-bond donors (Lipinski definition) is 0. The summed E-state index contributed by atoms with van der Waals surface area (Å²) in [6.45, 7) is 4.69. The van der Waals surface area contributed by atoms with Gasteiger partial charge in [0, 0.05) is 36.4 Å². The summed E-state index contributed by atoms with van der Waals surface area (Å²) in [5.74, 6) is 0. The minimum absolute atomic E-state index is 0.0820. The van der Waals surface area contributed by atoms with Gasteiger partial charge in [0.2, 0.25) is 0 Å². The number of para-hydroxylation sites is 6. The molecule has 0 saturated heterocycles. The highest BCUT2D eigenvalue weighted by Crippen LogP contribution is 2.53. The zero-order valence-electron chi connectivity index (χ0n) is 22.3. The summed E-state index contributed by atoms with van der Waals surface area (Å²) in [5.41, 5.74) is 13.6. The minimum Gasteiger partial charge on any atom is -0.344 e. The van der Waals surface area contributed by atoms with Gasteiger partial charge in [0.1, 0.15) is 0 Å². The molecule has 2 heterocycles. The largest absolute Gasteiger partial charge is 0.344 e. The summed E-state index contributed by atoms with van der Waals surface area (Å²) in [6.07, 6.45) is 0. The SMILES string of the molecule is CN1c2ccccc2N(c2cccc(-c3cccc4c3N(C)c3ccccc3C4(C)C)c2)c2ccccc21. The Morgan fingerprint density at radius 3 is 1.74 bits per heavy atom. The standard InChI is InChI=1S/C35H31N3/c1-35(2)27-16-5-6-18-29(27)37(4)34-26(15-12-17-28(34)35)24-13-11-14-25(23-24)38-32-21-9-7-19-30(32)36(3)31-20-8-10-22-33(31)38/h5-23H,1-4H3. The molecule has 3 heteroatoms. The van der Waals surface area contributed by atoms with Crippen molar-refractivity contribution in [3.8, 4) is 11.1 Å². The van der Waals surface area contributed by atoms with E-state index < -0.39 is 0 Å². The molecular formula is C35H31N3. The topological polar surface area (TPSA) is 9.72 Å². The third-order valence-corrected chi connectivity index (χ3v) is 8.37. The van der Waals surface area contributed by atoms with Gasteiger partial charge in [-0.05, 0) is 59.2 Å². The summed E-state index contributed by atoms with van der Waals surface area (Å²) >= 11 is 0. The Balaban J connectivity index is 1.42. The predicted octanol–water partition coefficient (Wildman–Crippen LogP) is 9.31.